The fourth-order valence-electron chi connectivity index (χ4n) is 1.05. The second-order valence-corrected chi connectivity index (χ2v) is 4.18. The number of aromatic nitrogens is 2. The largest absolute Gasteiger partial charge is 0.382 e. The molecule has 1 amide bonds. The standard InChI is InChI=1S/C10H18N4O2/c1-10(2,16-3)7-12-9(15)6-14-5-4-8(11)13-14/h4-5H,6-7H2,1-3H3,(H2,11,13)(H,12,15). The number of nitrogen functional groups attached to an aromatic ring is 1. The molecule has 0 aromatic carbocycles. The molecule has 0 fully saturated rings. The number of nitrogens with zero attached hydrogens (tertiary/aromatic N) is 2. The minimum absolute atomic E-state index is 0.117. The maximum Gasteiger partial charge on any atom is 0.241 e. The fourth-order valence-corrected chi connectivity index (χ4v) is 1.05. The number of ether oxygens (including phenoxy) is 1. The predicted octanol–water partition coefficient (Wildman–Crippen LogP) is 0.00650. The maximum atomic E-state index is 11.5. The zero-order chi connectivity index (χ0) is 12.2. The summed E-state index contributed by atoms with van der Waals surface area (Å²) in [4.78, 5) is 11.5. The van der Waals surface area contributed by atoms with E-state index in [0.29, 0.717) is 12.4 Å². The summed E-state index contributed by atoms with van der Waals surface area (Å²) < 4.78 is 6.68. The van der Waals surface area contributed by atoms with E-state index in [9.17, 15) is 4.79 Å². The Hall–Kier alpha value is -1.56. The van der Waals surface area contributed by atoms with Gasteiger partial charge in [-0.1, -0.05) is 0 Å². The molecule has 1 rings (SSSR count). The minimum atomic E-state index is -0.362. The first-order valence-electron chi connectivity index (χ1n) is 5.04. The molecule has 0 aliphatic rings. The van der Waals surface area contributed by atoms with Crippen molar-refractivity contribution in [1.82, 2.24) is 15.1 Å². The lowest BCUT2D eigenvalue weighted by molar-refractivity contribution is -0.123. The van der Waals surface area contributed by atoms with Crippen LogP contribution in [0.1, 0.15) is 13.8 Å². The van der Waals surface area contributed by atoms with Crippen LogP contribution in [0.25, 0.3) is 0 Å². The number of carbonyl (C=O) groups excluding carboxylic acids is 1. The van der Waals surface area contributed by atoms with Gasteiger partial charge in [0.2, 0.25) is 5.91 Å². The highest BCUT2D eigenvalue weighted by Gasteiger charge is 2.17. The first-order chi connectivity index (χ1) is 7.43. The highest BCUT2D eigenvalue weighted by molar-refractivity contribution is 5.75. The Labute approximate surface area is 94.8 Å². The number of nitrogens with two attached hydrogens (primary N) is 1. The molecule has 16 heavy (non-hydrogen) atoms. The normalized spacial score (nSPS) is 11.4. The first-order valence-corrected chi connectivity index (χ1v) is 5.04. The summed E-state index contributed by atoms with van der Waals surface area (Å²) in [7, 11) is 1.61. The Morgan fingerprint density at radius 3 is 2.88 bits per heavy atom. The highest BCUT2D eigenvalue weighted by atomic mass is 16.5. The van der Waals surface area contributed by atoms with Crippen LogP contribution in [0.4, 0.5) is 5.82 Å². The van der Waals surface area contributed by atoms with Crippen molar-refractivity contribution in [3.63, 3.8) is 0 Å². The van der Waals surface area contributed by atoms with Crippen molar-refractivity contribution < 1.29 is 9.53 Å². The third-order valence-corrected chi connectivity index (χ3v) is 2.23. The van der Waals surface area contributed by atoms with Gasteiger partial charge in [0.1, 0.15) is 12.4 Å². The molecule has 0 bridgehead atoms. The van der Waals surface area contributed by atoms with E-state index in [1.54, 1.807) is 19.4 Å². The van der Waals surface area contributed by atoms with Crippen LogP contribution < -0.4 is 11.1 Å². The summed E-state index contributed by atoms with van der Waals surface area (Å²) >= 11 is 0. The van der Waals surface area contributed by atoms with Crippen LogP contribution in [0.2, 0.25) is 0 Å². The molecular formula is C10H18N4O2. The predicted molar refractivity (Wildman–Crippen MR) is 60.7 cm³/mol. The molecule has 6 nitrogen and oxygen atoms in total. The van der Waals surface area contributed by atoms with Gasteiger partial charge in [-0.2, -0.15) is 5.10 Å². The number of hydrogen-bond acceptors (Lipinski definition) is 4. The van der Waals surface area contributed by atoms with Gasteiger partial charge >= 0.3 is 0 Å². The second kappa shape index (κ2) is 4.98. The van der Waals surface area contributed by atoms with Crippen LogP contribution in [0.3, 0.4) is 0 Å². The van der Waals surface area contributed by atoms with Gasteiger partial charge < -0.3 is 15.8 Å². The lowest BCUT2D eigenvalue weighted by Gasteiger charge is -2.23. The van der Waals surface area contributed by atoms with Gasteiger partial charge in [-0.15, -0.1) is 0 Å². The van der Waals surface area contributed by atoms with E-state index in [4.69, 9.17) is 10.5 Å². The van der Waals surface area contributed by atoms with E-state index < -0.39 is 0 Å². The van der Waals surface area contributed by atoms with Crippen LogP contribution in [0, 0.1) is 0 Å². The molecule has 0 spiro atoms. The summed E-state index contributed by atoms with van der Waals surface area (Å²) in [6.45, 7) is 4.43. The van der Waals surface area contributed by atoms with Gasteiger partial charge in [0.25, 0.3) is 0 Å². The van der Waals surface area contributed by atoms with Crippen LogP contribution in [0.5, 0.6) is 0 Å². The Morgan fingerprint density at radius 1 is 1.69 bits per heavy atom. The minimum Gasteiger partial charge on any atom is -0.382 e. The van der Waals surface area contributed by atoms with E-state index in [1.807, 2.05) is 13.8 Å². The molecular weight excluding hydrogens is 208 g/mol. The van der Waals surface area contributed by atoms with Crippen molar-refractivity contribution in [2.45, 2.75) is 26.0 Å². The number of rotatable bonds is 5. The van der Waals surface area contributed by atoms with Crippen molar-refractivity contribution in [2.24, 2.45) is 0 Å². The zero-order valence-corrected chi connectivity index (χ0v) is 9.86. The average Bonchev–Trinajstić information content (AvgIpc) is 2.61. The molecule has 0 radical (unpaired) electrons. The summed E-state index contributed by atoms with van der Waals surface area (Å²) in [5, 5.41) is 6.68. The van der Waals surface area contributed by atoms with Crippen LogP contribution in [-0.2, 0) is 16.1 Å². The number of carbonyl (C=O) groups is 1. The van der Waals surface area contributed by atoms with Gasteiger partial charge in [0.05, 0.1) is 5.60 Å². The molecule has 3 N–H and O–H groups in total. The van der Waals surface area contributed by atoms with Crippen LogP contribution in [-0.4, -0.2) is 34.9 Å². The van der Waals surface area contributed by atoms with Gasteiger partial charge in [-0.25, -0.2) is 0 Å². The molecule has 0 unspecified atom stereocenters. The van der Waals surface area contributed by atoms with Crippen molar-refractivity contribution in [3.05, 3.63) is 12.3 Å². The number of anilines is 1. The van der Waals surface area contributed by atoms with Crippen LogP contribution >= 0.6 is 0 Å². The maximum absolute atomic E-state index is 11.5. The monoisotopic (exact) mass is 226 g/mol. The lowest BCUT2D eigenvalue weighted by atomic mass is 10.1. The third-order valence-electron chi connectivity index (χ3n) is 2.23. The first kappa shape index (κ1) is 12.5. The van der Waals surface area contributed by atoms with E-state index in [2.05, 4.69) is 10.4 Å². The van der Waals surface area contributed by atoms with Crippen molar-refractivity contribution in [3.8, 4) is 0 Å². The molecule has 0 saturated carbocycles. The molecule has 1 heterocycles. The Balaban J connectivity index is 2.37. The van der Waals surface area contributed by atoms with Crippen molar-refractivity contribution in [2.75, 3.05) is 19.4 Å². The molecule has 1 aromatic rings. The van der Waals surface area contributed by atoms with Gasteiger partial charge in [0, 0.05) is 19.9 Å². The molecule has 0 aliphatic carbocycles. The van der Waals surface area contributed by atoms with Crippen LogP contribution in [0.15, 0.2) is 12.3 Å². The van der Waals surface area contributed by atoms with E-state index in [-0.39, 0.29) is 18.1 Å². The number of amides is 1. The Kier molecular flexibility index (Phi) is 3.89. The van der Waals surface area contributed by atoms with Gasteiger partial charge in [0.15, 0.2) is 0 Å². The molecule has 90 valence electrons. The SMILES string of the molecule is COC(C)(C)CNC(=O)Cn1ccc(N)n1. The molecule has 1 aromatic heterocycles. The van der Waals surface area contributed by atoms with Crippen molar-refractivity contribution >= 4 is 11.7 Å². The van der Waals surface area contributed by atoms with Crippen molar-refractivity contribution in [1.29, 1.82) is 0 Å². The molecule has 6 heteroatoms. The second-order valence-electron chi connectivity index (χ2n) is 4.18. The van der Waals surface area contributed by atoms with E-state index in [0.717, 1.165) is 0 Å². The number of hydrogen-bond donors (Lipinski definition) is 2. The van der Waals surface area contributed by atoms with E-state index >= 15 is 0 Å². The molecule has 0 aliphatic heterocycles. The lowest BCUT2D eigenvalue weighted by Crippen LogP contribution is -2.41. The summed E-state index contributed by atoms with van der Waals surface area (Å²) in [6.07, 6.45) is 1.66. The molecule has 0 saturated heterocycles. The Morgan fingerprint density at radius 2 is 2.38 bits per heavy atom. The fraction of sp³-hybridized carbons (Fsp3) is 0.600. The van der Waals surface area contributed by atoms with Gasteiger partial charge in [-0.3, -0.25) is 9.48 Å². The smallest absolute Gasteiger partial charge is 0.241 e. The van der Waals surface area contributed by atoms with E-state index in [1.165, 1.54) is 4.68 Å². The highest BCUT2D eigenvalue weighted by Crippen LogP contribution is 2.04. The third kappa shape index (κ3) is 3.90. The molecule has 0 atom stereocenters. The summed E-state index contributed by atoms with van der Waals surface area (Å²) in [6, 6.07) is 1.65. The number of methoxy groups -OCH3 is 1. The topological polar surface area (TPSA) is 82.2 Å². The summed E-state index contributed by atoms with van der Waals surface area (Å²) in [5.41, 5.74) is 5.07. The Bertz CT molecular complexity index is 359. The van der Waals surface area contributed by atoms with Gasteiger partial charge in [-0.05, 0) is 19.9 Å². The quantitative estimate of drug-likeness (QED) is 0.740. The summed E-state index contributed by atoms with van der Waals surface area (Å²) in [5.74, 6) is 0.290. The zero-order valence-electron chi connectivity index (χ0n) is 9.86. The number of nitrogens with one attached hydrogen (secondary N) is 1. The average molecular weight is 226 g/mol.